The van der Waals surface area contributed by atoms with E-state index < -0.39 is 23.6 Å². The standard InChI is InChI=1S/C29H41FN2O6/c1-4-16(5-2)15-31-28(34)25-18-6-7-19(12-18)26(25)32-27(33)21-13-24(22(30)14-23(21)37-3)38-20-10-8-17(9-11-20)29(35)36/h13-14,16-20,25-26H,4-12,15H2,1-3H3,(H,31,34)(H,32,33)(H,35,36). The minimum absolute atomic E-state index is 0.00135. The van der Waals surface area contributed by atoms with E-state index in [1.165, 1.54) is 13.2 Å². The number of carboxylic acids is 1. The van der Waals surface area contributed by atoms with Gasteiger partial charge in [-0.1, -0.05) is 26.7 Å². The molecule has 3 N–H and O–H groups in total. The Balaban J connectivity index is 1.46. The van der Waals surface area contributed by atoms with Crippen molar-refractivity contribution in [1.29, 1.82) is 0 Å². The second-order valence-corrected chi connectivity index (χ2v) is 11.2. The van der Waals surface area contributed by atoms with E-state index in [9.17, 15) is 23.9 Å². The number of methoxy groups -OCH3 is 1. The van der Waals surface area contributed by atoms with Gasteiger partial charge in [0.25, 0.3) is 5.91 Å². The lowest BCUT2D eigenvalue weighted by Crippen LogP contribution is -2.50. The molecule has 4 unspecified atom stereocenters. The third kappa shape index (κ3) is 6.07. The summed E-state index contributed by atoms with van der Waals surface area (Å²) in [6.45, 7) is 4.88. The highest BCUT2D eigenvalue weighted by Crippen LogP contribution is 2.49. The molecular weight excluding hydrogens is 491 g/mol. The number of hydrogen-bond acceptors (Lipinski definition) is 5. The fraction of sp³-hybridized carbons (Fsp3) is 0.690. The minimum atomic E-state index is -0.818. The van der Waals surface area contributed by atoms with Crippen molar-refractivity contribution >= 4 is 17.8 Å². The number of benzene rings is 1. The lowest BCUT2D eigenvalue weighted by molar-refractivity contribution is -0.143. The molecule has 4 rings (SSSR count). The van der Waals surface area contributed by atoms with E-state index in [4.69, 9.17) is 9.47 Å². The molecule has 0 spiro atoms. The summed E-state index contributed by atoms with van der Waals surface area (Å²) in [7, 11) is 1.38. The van der Waals surface area contributed by atoms with Gasteiger partial charge in [0.2, 0.25) is 5.91 Å². The number of rotatable bonds is 11. The zero-order chi connectivity index (χ0) is 27.4. The van der Waals surface area contributed by atoms with E-state index in [0.29, 0.717) is 38.1 Å². The maximum Gasteiger partial charge on any atom is 0.306 e. The summed E-state index contributed by atoms with van der Waals surface area (Å²) < 4.78 is 26.1. The Morgan fingerprint density at radius 1 is 1.03 bits per heavy atom. The maximum atomic E-state index is 14.9. The van der Waals surface area contributed by atoms with Gasteiger partial charge in [-0.2, -0.15) is 0 Å². The van der Waals surface area contributed by atoms with Crippen LogP contribution in [0.15, 0.2) is 12.1 Å². The monoisotopic (exact) mass is 532 g/mol. The van der Waals surface area contributed by atoms with Gasteiger partial charge in [-0.15, -0.1) is 0 Å². The Hall–Kier alpha value is -2.84. The molecule has 1 aromatic carbocycles. The summed E-state index contributed by atoms with van der Waals surface area (Å²) in [4.78, 5) is 37.9. The summed E-state index contributed by atoms with van der Waals surface area (Å²) in [6, 6.07) is 2.23. The summed E-state index contributed by atoms with van der Waals surface area (Å²) in [5, 5.41) is 15.4. The van der Waals surface area contributed by atoms with Gasteiger partial charge in [-0.3, -0.25) is 14.4 Å². The largest absolute Gasteiger partial charge is 0.496 e. The molecule has 3 aliphatic carbocycles. The van der Waals surface area contributed by atoms with Crippen molar-refractivity contribution in [2.75, 3.05) is 13.7 Å². The van der Waals surface area contributed by atoms with Gasteiger partial charge in [0, 0.05) is 18.7 Å². The molecule has 0 saturated heterocycles. The molecule has 0 aromatic heterocycles. The second-order valence-electron chi connectivity index (χ2n) is 11.2. The van der Waals surface area contributed by atoms with E-state index in [1.54, 1.807) is 0 Å². The van der Waals surface area contributed by atoms with Gasteiger partial charge in [0.1, 0.15) is 5.75 Å². The molecule has 0 aliphatic heterocycles. The first kappa shape index (κ1) is 28.2. The fourth-order valence-electron chi connectivity index (χ4n) is 6.62. The summed E-state index contributed by atoms with van der Waals surface area (Å²) in [5.74, 6) is -1.59. The number of carbonyl (C=O) groups is 3. The van der Waals surface area contributed by atoms with Crippen LogP contribution in [0.2, 0.25) is 0 Å². The van der Waals surface area contributed by atoms with Crippen LogP contribution in [0.3, 0.4) is 0 Å². The number of aliphatic carboxylic acids is 1. The molecule has 0 radical (unpaired) electrons. The van der Waals surface area contributed by atoms with Crippen LogP contribution in [0.25, 0.3) is 0 Å². The molecule has 4 atom stereocenters. The Labute approximate surface area is 224 Å². The van der Waals surface area contributed by atoms with Gasteiger partial charge in [-0.25, -0.2) is 4.39 Å². The molecular formula is C29H41FN2O6. The number of halogens is 1. The SMILES string of the molecule is CCC(CC)CNC(=O)C1C2CCC(C2)C1NC(=O)c1cc(OC2CCC(C(=O)O)CC2)c(F)cc1OC. The first-order valence-electron chi connectivity index (χ1n) is 14.1. The Kier molecular flexibility index (Phi) is 9.15. The van der Waals surface area contributed by atoms with Crippen LogP contribution in [0.5, 0.6) is 11.5 Å². The van der Waals surface area contributed by atoms with E-state index >= 15 is 0 Å². The smallest absolute Gasteiger partial charge is 0.306 e. The highest BCUT2D eigenvalue weighted by Gasteiger charge is 2.51. The van der Waals surface area contributed by atoms with Crippen LogP contribution in [0, 0.1) is 35.4 Å². The lowest BCUT2D eigenvalue weighted by atomic mass is 9.83. The average molecular weight is 533 g/mol. The topological polar surface area (TPSA) is 114 Å². The van der Waals surface area contributed by atoms with Crippen molar-refractivity contribution in [3.05, 3.63) is 23.5 Å². The zero-order valence-corrected chi connectivity index (χ0v) is 22.6. The Bertz CT molecular complexity index is 1020. The zero-order valence-electron chi connectivity index (χ0n) is 22.6. The van der Waals surface area contributed by atoms with Gasteiger partial charge < -0.3 is 25.2 Å². The van der Waals surface area contributed by atoms with Gasteiger partial charge >= 0.3 is 5.97 Å². The number of carboxylic acid groups (broad SMARTS) is 1. The van der Waals surface area contributed by atoms with Crippen LogP contribution in [0.1, 0.15) is 82.0 Å². The third-order valence-electron chi connectivity index (χ3n) is 9.05. The fourth-order valence-corrected chi connectivity index (χ4v) is 6.62. The van der Waals surface area contributed by atoms with Crippen LogP contribution in [-0.4, -0.2) is 48.7 Å². The van der Waals surface area contributed by atoms with Crippen LogP contribution in [-0.2, 0) is 9.59 Å². The second kappa shape index (κ2) is 12.3. The Morgan fingerprint density at radius 3 is 2.34 bits per heavy atom. The molecule has 2 bridgehead atoms. The quantitative estimate of drug-likeness (QED) is 0.385. The molecule has 210 valence electrons. The summed E-state index contributed by atoms with van der Waals surface area (Å²) >= 11 is 0. The predicted octanol–water partition coefficient (Wildman–Crippen LogP) is 4.55. The van der Waals surface area contributed by atoms with Gasteiger partial charge in [-0.05, 0) is 68.8 Å². The van der Waals surface area contributed by atoms with E-state index in [-0.39, 0.29) is 52.9 Å². The molecule has 0 heterocycles. The van der Waals surface area contributed by atoms with Gasteiger partial charge in [0.05, 0.1) is 30.6 Å². The molecule has 2 amide bonds. The van der Waals surface area contributed by atoms with E-state index in [1.807, 2.05) is 0 Å². The third-order valence-corrected chi connectivity index (χ3v) is 9.05. The van der Waals surface area contributed by atoms with Crippen molar-refractivity contribution in [1.82, 2.24) is 10.6 Å². The number of ether oxygens (including phenoxy) is 2. The molecule has 3 saturated carbocycles. The van der Waals surface area contributed by atoms with Crippen molar-refractivity contribution in [3.63, 3.8) is 0 Å². The summed E-state index contributed by atoms with van der Waals surface area (Å²) in [5.41, 5.74) is 0.155. The molecule has 8 nitrogen and oxygen atoms in total. The van der Waals surface area contributed by atoms with Crippen molar-refractivity contribution < 1.29 is 33.4 Å². The van der Waals surface area contributed by atoms with E-state index in [2.05, 4.69) is 24.5 Å². The molecule has 3 fully saturated rings. The van der Waals surface area contributed by atoms with Gasteiger partial charge in [0.15, 0.2) is 11.6 Å². The first-order valence-corrected chi connectivity index (χ1v) is 14.1. The molecule has 9 heteroatoms. The van der Waals surface area contributed by atoms with Crippen LogP contribution < -0.4 is 20.1 Å². The Morgan fingerprint density at radius 2 is 1.71 bits per heavy atom. The number of nitrogens with one attached hydrogen (secondary N) is 2. The molecule has 1 aromatic rings. The number of carbonyl (C=O) groups excluding carboxylic acids is 2. The molecule has 38 heavy (non-hydrogen) atoms. The highest BCUT2D eigenvalue weighted by atomic mass is 19.1. The number of fused-ring (bicyclic) bond motifs is 2. The minimum Gasteiger partial charge on any atom is -0.496 e. The maximum absolute atomic E-state index is 14.9. The van der Waals surface area contributed by atoms with Crippen LogP contribution in [0.4, 0.5) is 4.39 Å². The first-order chi connectivity index (χ1) is 18.2. The predicted molar refractivity (Wildman–Crippen MR) is 140 cm³/mol. The van der Waals surface area contributed by atoms with E-state index in [0.717, 1.165) is 38.2 Å². The number of amides is 2. The average Bonchev–Trinajstić information content (AvgIpc) is 3.52. The highest BCUT2D eigenvalue weighted by molar-refractivity contribution is 5.98. The number of hydrogen-bond donors (Lipinski definition) is 3. The van der Waals surface area contributed by atoms with Crippen LogP contribution >= 0.6 is 0 Å². The normalized spacial score (nSPS) is 28.2. The van der Waals surface area contributed by atoms with Crippen molar-refractivity contribution in [2.45, 2.75) is 83.8 Å². The van der Waals surface area contributed by atoms with Crippen molar-refractivity contribution in [3.8, 4) is 11.5 Å². The van der Waals surface area contributed by atoms with Crippen molar-refractivity contribution in [2.24, 2.45) is 29.6 Å². The lowest BCUT2D eigenvalue weighted by Gasteiger charge is -2.31. The molecule has 3 aliphatic rings. The summed E-state index contributed by atoms with van der Waals surface area (Å²) in [6.07, 6.45) is 6.51.